The number of rotatable bonds is 13. The number of hydrogen-bond donors (Lipinski definition) is 9. The molecule has 13 atom stereocenters. The van der Waals surface area contributed by atoms with E-state index in [4.69, 9.17) is 33.3 Å². The molecule has 0 spiro atoms. The smallest absolute Gasteiger partial charge is 0.397 e. The van der Waals surface area contributed by atoms with Crippen LogP contribution in [0.25, 0.3) is 0 Å². The summed E-state index contributed by atoms with van der Waals surface area (Å²) >= 11 is 0. The quantitative estimate of drug-likeness (QED) is 0.0681. The first-order valence-corrected chi connectivity index (χ1v) is 14.4. The van der Waals surface area contributed by atoms with Gasteiger partial charge in [0.1, 0.15) is 42.7 Å². The Bertz CT molecular complexity index is 1020. The van der Waals surface area contributed by atoms with Crippen molar-refractivity contribution >= 4 is 16.4 Å². The third-order valence-electron chi connectivity index (χ3n) is 7.40. The van der Waals surface area contributed by atoms with E-state index in [0.717, 1.165) is 6.08 Å². The zero-order chi connectivity index (χ0) is 31.4. The predicted octanol–water partition coefficient (Wildman–Crippen LogP) is -4.50. The fraction of sp³-hybridized carbons (Fsp3) is 0.870. The van der Waals surface area contributed by atoms with Crippen molar-refractivity contribution in [3.05, 3.63) is 11.8 Å². The van der Waals surface area contributed by atoms with Gasteiger partial charge in [0.15, 0.2) is 12.4 Å². The molecule has 2 fully saturated rings. The summed E-state index contributed by atoms with van der Waals surface area (Å²) < 4.78 is 62.7. The number of hydrogen-bond acceptors (Lipinski definition) is 16. The Hall–Kier alpha value is -1.56. The summed E-state index contributed by atoms with van der Waals surface area (Å²) in [5.74, 6) is -3.71. The Morgan fingerprint density at radius 2 is 1.55 bits per heavy atom. The highest BCUT2D eigenvalue weighted by atomic mass is 32.3. The standard InChI is InChI=1S/C23H38O18S/c1-9-17(26)21(41-42(33,34)35)20(29)16(38-9)8-37-6-11-10(23(32)40-14(5-24)18(11)27)2-3-36-7-15-19(28)12(25)4-13(39-15)22(30)31/h4,9-12,14-21,23-29,32H,2-3,5-8H2,1H3,(H,30,31)(H,33,34,35)/t9?,10?,11?,12?,14?,15-,16-,17-,18+,19?,20?,21?,23?/m0/s1. The maximum atomic E-state index is 11.2. The molecular weight excluding hydrogens is 596 g/mol. The van der Waals surface area contributed by atoms with Gasteiger partial charge in [0.25, 0.3) is 0 Å². The zero-order valence-electron chi connectivity index (χ0n) is 22.4. The van der Waals surface area contributed by atoms with Crippen LogP contribution in [0.3, 0.4) is 0 Å². The molecule has 0 amide bonds. The number of carboxylic acid groups (broad SMARTS) is 1. The lowest BCUT2D eigenvalue weighted by molar-refractivity contribution is -0.268. The molecule has 9 unspecified atom stereocenters. The van der Waals surface area contributed by atoms with Crippen LogP contribution in [-0.2, 0) is 43.1 Å². The van der Waals surface area contributed by atoms with E-state index in [1.54, 1.807) is 0 Å². The Labute approximate surface area is 240 Å². The zero-order valence-corrected chi connectivity index (χ0v) is 23.2. The second kappa shape index (κ2) is 14.9. The summed E-state index contributed by atoms with van der Waals surface area (Å²) in [5, 5.41) is 80.5. The lowest BCUT2D eigenvalue weighted by Crippen LogP contribution is -2.59. The molecule has 19 heteroatoms. The predicted molar refractivity (Wildman–Crippen MR) is 133 cm³/mol. The van der Waals surface area contributed by atoms with Gasteiger partial charge in [-0.15, -0.1) is 0 Å². The van der Waals surface area contributed by atoms with Crippen molar-refractivity contribution in [3.8, 4) is 0 Å². The van der Waals surface area contributed by atoms with Crippen molar-refractivity contribution in [1.29, 1.82) is 0 Å². The SMILES string of the molecule is CC1O[C@@H](COCC2C(CCOC[C@@H]3OC(C(=O)O)=CC(O)C3O)C(O)OC(CO)[C@@H]2O)C(O)C(OS(=O)(=O)O)[C@H]1O. The average molecular weight is 635 g/mol. The van der Waals surface area contributed by atoms with Crippen LogP contribution in [0.4, 0.5) is 0 Å². The molecular formula is C23H38O18S. The molecule has 42 heavy (non-hydrogen) atoms. The van der Waals surface area contributed by atoms with E-state index in [1.165, 1.54) is 6.92 Å². The van der Waals surface area contributed by atoms with Gasteiger partial charge in [0.05, 0.1) is 38.6 Å². The number of ether oxygens (including phenoxy) is 5. The third-order valence-corrected chi connectivity index (χ3v) is 7.86. The topological polar surface area (TPSA) is 289 Å². The van der Waals surface area contributed by atoms with E-state index >= 15 is 0 Å². The first kappa shape index (κ1) is 34.9. The van der Waals surface area contributed by atoms with E-state index in [0.29, 0.717) is 0 Å². The van der Waals surface area contributed by atoms with Gasteiger partial charge < -0.3 is 64.5 Å². The summed E-state index contributed by atoms with van der Waals surface area (Å²) in [6.45, 7) is -0.369. The molecule has 18 nitrogen and oxygen atoms in total. The summed E-state index contributed by atoms with van der Waals surface area (Å²) in [4.78, 5) is 11.2. The van der Waals surface area contributed by atoms with E-state index < -0.39 is 115 Å². The first-order valence-electron chi connectivity index (χ1n) is 13.1. The largest absolute Gasteiger partial charge is 0.478 e. The Morgan fingerprint density at radius 3 is 2.17 bits per heavy atom. The highest BCUT2D eigenvalue weighted by Gasteiger charge is 2.47. The van der Waals surface area contributed by atoms with Gasteiger partial charge >= 0.3 is 16.4 Å². The van der Waals surface area contributed by atoms with Gasteiger partial charge in [-0.05, 0) is 19.4 Å². The molecule has 0 aromatic heterocycles. The molecule has 244 valence electrons. The Morgan fingerprint density at radius 1 is 0.881 bits per heavy atom. The van der Waals surface area contributed by atoms with E-state index in [-0.39, 0.29) is 26.2 Å². The molecule has 9 N–H and O–H groups in total. The minimum absolute atomic E-state index is 0.0352. The van der Waals surface area contributed by atoms with Crippen LogP contribution in [0.1, 0.15) is 13.3 Å². The van der Waals surface area contributed by atoms with Crippen molar-refractivity contribution in [3.63, 3.8) is 0 Å². The number of carboxylic acids is 1. The molecule has 0 aromatic carbocycles. The summed E-state index contributed by atoms with van der Waals surface area (Å²) in [6.07, 6.45) is -14.6. The molecule has 0 saturated carbocycles. The van der Waals surface area contributed by atoms with Gasteiger partial charge in [-0.1, -0.05) is 0 Å². The number of aliphatic hydroxyl groups excluding tert-OH is 7. The normalized spacial score (nSPS) is 41.2. The van der Waals surface area contributed by atoms with Crippen LogP contribution >= 0.6 is 0 Å². The Kier molecular flexibility index (Phi) is 12.4. The minimum atomic E-state index is -5.02. The van der Waals surface area contributed by atoms with Crippen molar-refractivity contribution < 1.29 is 86.5 Å². The van der Waals surface area contributed by atoms with Gasteiger partial charge in [-0.2, -0.15) is 8.42 Å². The first-order chi connectivity index (χ1) is 19.6. The number of aliphatic carboxylic acids is 1. The van der Waals surface area contributed by atoms with Gasteiger partial charge in [-0.3, -0.25) is 4.55 Å². The van der Waals surface area contributed by atoms with Gasteiger partial charge in [0, 0.05) is 18.4 Å². The molecule has 0 bridgehead atoms. The van der Waals surface area contributed by atoms with Crippen LogP contribution in [0.15, 0.2) is 11.8 Å². The maximum Gasteiger partial charge on any atom is 0.397 e. The molecule has 0 aromatic rings. The molecule has 3 aliphatic rings. The number of carbonyl (C=O) groups is 1. The molecule has 2 saturated heterocycles. The lowest BCUT2D eigenvalue weighted by Gasteiger charge is -2.43. The van der Waals surface area contributed by atoms with Crippen molar-refractivity contribution in [2.45, 2.75) is 80.7 Å². The second-order valence-corrected chi connectivity index (χ2v) is 11.3. The molecule has 3 rings (SSSR count). The van der Waals surface area contributed by atoms with Crippen molar-refractivity contribution in [2.75, 3.05) is 33.0 Å². The van der Waals surface area contributed by atoms with Gasteiger partial charge in [0.2, 0.25) is 5.76 Å². The van der Waals surface area contributed by atoms with E-state index in [2.05, 4.69) is 4.18 Å². The van der Waals surface area contributed by atoms with Crippen LogP contribution in [0, 0.1) is 11.8 Å². The molecule has 0 radical (unpaired) electrons. The fourth-order valence-corrected chi connectivity index (χ4v) is 5.59. The number of aliphatic hydroxyl groups is 7. The molecule has 3 heterocycles. The Balaban J connectivity index is 1.58. The molecule has 0 aliphatic carbocycles. The fourth-order valence-electron chi connectivity index (χ4n) is 5.08. The second-order valence-electron chi connectivity index (χ2n) is 10.3. The van der Waals surface area contributed by atoms with Gasteiger partial charge in [-0.25, -0.2) is 8.98 Å². The highest BCUT2D eigenvalue weighted by Crippen LogP contribution is 2.34. The summed E-state index contributed by atoms with van der Waals surface area (Å²) in [7, 11) is -5.02. The monoisotopic (exact) mass is 634 g/mol. The molecule has 3 aliphatic heterocycles. The minimum Gasteiger partial charge on any atom is -0.478 e. The van der Waals surface area contributed by atoms with Crippen molar-refractivity contribution in [1.82, 2.24) is 0 Å². The summed E-state index contributed by atoms with van der Waals surface area (Å²) in [6, 6.07) is 0. The van der Waals surface area contributed by atoms with Crippen LogP contribution in [-0.4, -0.2) is 160 Å². The average Bonchev–Trinajstić information content (AvgIpc) is 2.91. The maximum absolute atomic E-state index is 11.2. The highest BCUT2D eigenvalue weighted by molar-refractivity contribution is 7.80. The van der Waals surface area contributed by atoms with E-state index in [9.17, 15) is 49.0 Å². The van der Waals surface area contributed by atoms with Crippen LogP contribution in [0.5, 0.6) is 0 Å². The third kappa shape index (κ3) is 8.76. The van der Waals surface area contributed by atoms with Crippen LogP contribution in [0.2, 0.25) is 0 Å². The lowest BCUT2D eigenvalue weighted by atomic mass is 9.81. The van der Waals surface area contributed by atoms with Crippen molar-refractivity contribution in [2.24, 2.45) is 11.8 Å². The van der Waals surface area contributed by atoms with E-state index in [1.807, 2.05) is 0 Å². The van der Waals surface area contributed by atoms with Crippen LogP contribution < -0.4 is 0 Å². The summed E-state index contributed by atoms with van der Waals surface area (Å²) in [5.41, 5.74) is 0.